The molecule has 3 heterocycles. The molecule has 2 aromatic heterocycles. The Labute approximate surface area is 135 Å². The van der Waals surface area contributed by atoms with Crippen molar-refractivity contribution in [3.05, 3.63) is 18.0 Å². The van der Waals surface area contributed by atoms with E-state index in [0.717, 1.165) is 49.3 Å². The maximum atomic E-state index is 4.73. The molecule has 1 aliphatic heterocycles. The number of aryl methyl sites for hydroxylation is 1. The van der Waals surface area contributed by atoms with Gasteiger partial charge in [0.05, 0.1) is 0 Å². The van der Waals surface area contributed by atoms with E-state index in [0.29, 0.717) is 5.92 Å². The Morgan fingerprint density at radius 2 is 2.00 bits per heavy atom. The fourth-order valence-corrected chi connectivity index (χ4v) is 3.71. The van der Waals surface area contributed by atoms with E-state index in [1.54, 1.807) is 0 Å². The first-order chi connectivity index (χ1) is 10.5. The Balaban J connectivity index is 1.66. The van der Waals surface area contributed by atoms with E-state index in [2.05, 4.69) is 51.7 Å². The van der Waals surface area contributed by atoms with E-state index in [-0.39, 0.29) is 5.41 Å². The van der Waals surface area contributed by atoms with Crippen LogP contribution in [0.5, 0.6) is 0 Å². The molecule has 1 saturated heterocycles. The van der Waals surface area contributed by atoms with Crippen LogP contribution in [0.3, 0.4) is 0 Å². The van der Waals surface area contributed by atoms with Crippen molar-refractivity contribution in [1.82, 2.24) is 24.1 Å². The smallest absolute Gasteiger partial charge is 0.205 e. The quantitative estimate of drug-likeness (QED) is 0.870. The molecule has 0 atom stereocenters. The lowest BCUT2D eigenvalue weighted by Crippen LogP contribution is -2.33. The standard InChI is InChI=1S/C15H24N6S/c1-5-20-10-16-18-12(20)11-6-8-21(9-7-11)14-17-13(19-22-14)15(2,3)4/h10-11H,5-9H2,1-4H3. The van der Waals surface area contributed by atoms with Crippen LogP contribution in [0, 0.1) is 0 Å². The molecule has 120 valence electrons. The Hall–Kier alpha value is -1.50. The van der Waals surface area contributed by atoms with Gasteiger partial charge in [-0.1, -0.05) is 20.8 Å². The zero-order valence-electron chi connectivity index (χ0n) is 13.8. The second-order valence-electron chi connectivity index (χ2n) is 6.89. The molecule has 7 heteroatoms. The van der Waals surface area contributed by atoms with Gasteiger partial charge < -0.3 is 9.47 Å². The number of aromatic nitrogens is 5. The average molecular weight is 320 g/mol. The van der Waals surface area contributed by atoms with Gasteiger partial charge >= 0.3 is 0 Å². The minimum Gasteiger partial charge on any atom is -0.347 e. The zero-order chi connectivity index (χ0) is 15.7. The van der Waals surface area contributed by atoms with Crippen molar-refractivity contribution in [3.8, 4) is 0 Å². The predicted octanol–water partition coefficient (Wildman–Crippen LogP) is 2.83. The molecule has 1 fully saturated rings. The second-order valence-corrected chi connectivity index (χ2v) is 7.62. The van der Waals surface area contributed by atoms with Crippen molar-refractivity contribution in [2.24, 2.45) is 0 Å². The molecule has 0 spiro atoms. The maximum Gasteiger partial charge on any atom is 0.205 e. The van der Waals surface area contributed by atoms with Gasteiger partial charge in [0, 0.05) is 42.5 Å². The molecule has 3 rings (SSSR count). The predicted molar refractivity (Wildman–Crippen MR) is 88.5 cm³/mol. The number of anilines is 1. The number of nitrogens with zero attached hydrogens (tertiary/aromatic N) is 6. The van der Waals surface area contributed by atoms with E-state index < -0.39 is 0 Å². The molecule has 0 amide bonds. The summed E-state index contributed by atoms with van der Waals surface area (Å²) in [6.45, 7) is 11.6. The number of piperidine rings is 1. The summed E-state index contributed by atoms with van der Waals surface area (Å²) in [7, 11) is 0. The fourth-order valence-electron chi connectivity index (χ4n) is 2.80. The summed E-state index contributed by atoms with van der Waals surface area (Å²) >= 11 is 1.52. The summed E-state index contributed by atoms with van der Waals surface area (Å²) in [6, 6.07) is 0. The van der Waals surface area contributed by atoms with E-state index in [9.17, 15) is 0 Å². The van der Waals surface area contributed by atoms with E-state index >= 15 is 0 Å². The van der Waals surface area contributed by atoms with Crippen LogP contribution in [0.25, 0.3) is 0 Å². The van der Waals surface area contributed by atoms with E-state index in [4.69, 9.17) is 4.98 Å². The van der Waals surface area contributed by atoms with Crippen LogP contribution >= 0.6 is 11.5 Å². The lowest BCUT2D eigenvalue weighted by molar-refractivity contribution is 0.466. The Morgan fingerprint density at radius 3 is 2.59 bits per heavy atom. The van der Waals surface area contributed by atoms with Crippen LogP contribution in [0.1, 0.15) is 58.1 Å². The van der Waals surface area contributed by atoms with Gasteiger partial charge in [0.1, 0.15) is 18.0 Å². The van der Waals surface area contributed by atoms with Gasteiger partial charge in [-0.05, 0) is 19.8 Å². The largest absolute Gasteiger partial charge is 0.347 e. The summed E-state index contributed by atoms with van der Waals surface area (Å²) in [6.07, 6.45) is 4.04. The van der Waals surface area contributed by atoms with Crippen LogP contribution in [0.2, 0.25) is 0 Å². The van der Waals surface area contributed by atoms with Crippen molar-refractivity contribution in [1.29, 1.82) is 0 Å². The third-order valence-electron chi connectivity index (χ3n) is 4.20. The van der Waals surface area contributed by atoms with Crippen molar-refractivity contribution in [2.75, 3.05) is 18.0 Å². The Bertz CT molecular complexity index is 618. The first-order valence-corrected chi connectivity index (χ1v) is 8.73. The van der Waals surface area contributed by atoms with Crippen molar-refractivity contribution >= 4 is 16.7 Å². The van der Waals surface area contributed by atoms with Gasteiger partial charge in [-0.3, -0.25) is 0 Å². The average Bonchev–Trinajstić information content (AvgIpc) is 3.16. The molecule has 0 aliphatic carbocycles. The summed E-state index contributed by atoms with van der Waals surface area (Å²) in [5.74, 6) is 2.59. The summed E-state index contributed by atoms with van der Waals surface area (Å²) in [5.41, 5.74) is 0.0185. The Morgan fingerprint density at radius 1 is 1.27 bits per heavy atom. The number of hydrogen-bond donors (Lipinski definition) is 0. The van der Waals surface area contributed by atoms with Gasteiger partial charge in [-0.15, -0.1) is 10.2 Å². The topological polar surface area (TPSA) is 59.7 Å². The highest BCUT2D eigenvalue weighted by atomic mass is 32.1. The molecule has 22 heavy (non-hydrogen) atoms. The van der Waals surface area contributed by atoms with Crippen molar-refractivity contribution in [3.63, 3.8) is 0 Å². The third kappa shape index (κ3) is 2.99. The molecule has 0 unspecified atom stereocenters. The van der Waals surface area contributed by atoms with Crippen LogP contribution in [-0.4, -0.2) is 37.2 Å². The SMILES string of the molecule is CCn1cnnc1C1CCN(c2nc(C(C)(C)C)ns2)CC1. The summed E-state index contributed by atoms with van der Waals surface area (Å²) in [5, 5.41) is 9.42. The highest BCUT2D eigenvalue weighted by Crippen LogP contribution is 2.31. The number of rotatable bonds is 3. The normalized spacial score (nSPS) is 17.2. The minimum atomic E-state index is 0.0185. The van der Waals surface area contributed by atoms with Crippen molar-refractivity contribution in [2.45, 2.75) is 58.4 Å². The van der Waals surface area contributed by atoms with Crippen LogP contribution in [-0.2, 0) is 12.0 Å². The van der Waals surface area contributed by atoms with Gasteiger partial charge in [0.15, 0.2) is 0 Å². The second kappa shape index (κ2) is 5.95. The van der Waals surface area contributed by atoms with Crippen LogP contribution in [0.15, 0.2) is 6.33 Å². The molecule has 0 radical (unpaired) electrons. The first-order valence-electron chi connectivity index (χ1n) is 7.96. The zero-order valence-corrected chi connectivity index (χ0v) is 14.6. The highest BCUT2D eigenvalue weighted by Gasteiger charge is 2.27. The highest BCUT2D eigenvalue weighted by molar-refractivity contribution is 7.09. The van der Waals surface area contributed by atoms with Crippen molar-refractivity contribution < 1.29 is 0 Å². The molecule has 6 nitrogen and oxygen atoms in total. The molecule has 0 saturated carbocycles. The minimum absolute atomic E-state index is 0.0185. The molecular formula is C15H24N6S. The van der Waals surface area contributed by atoms with E-state index in [1.807, 2.05) is 6.33 Å². The lowest BCUT2D eigenvalue weighted by Gasteiger charge is -2.31. The van der Waals surface area contributed by atoms with Gasteiger partial charge in [-0.25, -0.2) is 4.98 Å². The third-order valence-corrected chi connectivity index (χ3v) is 4.98. The van der Waals surface area contributed by atoms with Crippen LogP contribution < -0.4 is 4.90 Å². The van der Waals surface area contributed by atoms with Gasteiger partial charge in [0.2, 0.25) is 5.13 Å². The summed E-state index contributed by atoms with van der Waals surface area (Å²) < 4.78 is 6.68. The molecule has 0 bridgehead atoms. The van der Waals surface area contributed by atoms with Crippen LogP contribution in [0.4, 0.5) is 5.13 Å². The Kier molecular flexibility index (Phi) is 4.16. The molecule has 0 aromatic carbocycles. The molecule has 1 aliphatic rings. The molecule has 0 N–H and O–H groups in total. The molecule has 2 aromatic rings. The maximum absolute atomic E-state index is 4.73. The lowest BCUT2D eigenvalue weighted by atomic mass is 9.96. The monoisotopic (exact) mass is 320 g/mol. The first kappa shape index (κ1) is 15.4. The fraction of sp³-hybridized carbons (Fsp3) is 0.733. The number of hydrogen-bond acceptors (Lipinski definition) is 6. The summed E-state index contributed by atoms with van der Waals surface area (Å²) in [4.78, 5) is 7.08. The molecular weight excluding hydrogens is 296 g/mol. The van der Waals surface area contributed by atoms with Gasteiger partial charge in [0.25, 0.3) is 0 Å². The van der Waals surface area contributed by atoms with E-state index in [1.165, 1.54) is 11.5 Å². The van der Waals surface area contributed by atoms with Gasteiger partial charge in [-0.2, -0.15) is 4.37 Å².